The molecule has 1 aromatic carbocycles. The van der Waals surface area contributed by atoms with Crippen LogP contribution in [0.4, 0.5) is 5.69 Å². The van der Waals surface area contributed by atoms with Crippen molar-refractivity contribution in [3.63, 3.8) is 0 Å². The Kier molecular flexibility index (Phi) is 1.81. The molecule has 1 aliphatic heterocycles. The molecule has 0 bridgehead atoms. The zero-order valence-corrected chi connectivity index (χ0v) is 7.50. The molecule has 1 atom stereocenters. The number of nitrogens with two attached hydrogens (primary N) is 1. The highest BCUT2D eigenvalue weighted by atomic mass is 16.2. The van der Waals surface area contributed by atoms with Gasteiger partial charge in [-0.3, -0.25) is 4.79 Å². The Balaban J connectivity index is 2.48. The molecular weight excluding hydrogens is 164 g/mol. The Hall–Kier alpha value is -1.35. The third-order valence-corrected chi connectivity index (χ3v) is 2.39. The summed E-state index contributed by atoms with van der Waals surface area (Å²) in [6.07, 6.45) is 0. The normalized spacial score (nSPS) is 19.8. The minimum Gasteiger partial charge on any atom is -0.329 e. The van der Waals surface area contributed by atoms with Gasteiger partial charge in [0.25, 0.3) is 0 Å². The van der Waals surface area contributed by atoms with Gasteiger partial charge in [0.1, 0.15) is 0 Å². The molecular formula is C10H12N2O. The predicted octanol–water partition coefficient (Wildman–Crippen LogP) is 0.989. The summed E-state index contributed by atoms with van der Waals surface area (Å²) < 4.78 is 0. The van der Waals surface area contributed by atoms with Gasteiger partial charge >= 0.3 is 0 Å². The first-order valence-electron chi connectivity index (χ1n) is 4.34. The van der Waals surface area contributed by atoms with Gasteiger partial charge in [-0.15, -0.1) is 0 Å². The molecule has 1 amide bonds. The third kappa shape index (κ3) is 1.21. The monoisotopic (exact) mass is 176 g/mol. The molecule has 0 spiro atoms. The van der Waals surface area contributed by atoms with Crippen LogP contribution >= 0.6 is 0 Å². The average Bonchev–Trinajstić information content (AvgIpc) is 2.39. The van der Waals surface area contributed by atoms with Crippen LogP contribution in [0.25, 0.3) is 0 Å². The minimum atomic E-state index is -0.157. The summed E-state index contributed by atoms with van der Waals surface area (Å²) in [6, 6.07) is 5.95. The summed E-state index contributed by atoms with van der Waals surface area (Å²) in [5.41, 5.74) is 8.61. The molecule has 2 rings (SSSR count). The summed E-state index contributed by atoms with van der Waals surface area (Å²) in [5, 5.41) is 2.82. The Morgan fingerprint density at radius 2 is 2.31 bits per heavy atom. The number of aryl methyl sites for hydroxylation is 1. The summed E-state index contributed by atoms with van der Waals surface area (Å²) in [6.45, 7) is 2.38. The lowest BCUT2D eigenvalue weighted by Crippen LogP contribution is -2.20. The van der Waals surface area contributed by atoms with E-state index >= 15 is 0 Å². The Morgan fingerprint density at radius 1 is 1.54 bits per heavy atom. The van der Waals surface area contributed by atoms with Crippen molar-refractivity contribution in [1.29, 1.82) is 0 Å². The molecule has 0 aliphatic carbocycles. The van der Waals surface area contributed by atoms with Crippen molar-refractivity contribution in [2.24, 2.45) is 5.73 Å². The number of anilines is 1. The van der Waals surface area contributed by atoms with Gasteiger partial charge < -0.3 is 11.1 Å². The Morgan fingerprint density at radius 3 is 3.00 bits per heavy atom. The number of hydrogen-bond donors (Lipinski definition) is 2. The molecule has 1 aliphatic rings. The Labute approximate surface area is 76.9 Å². The topological polar surface area (TPSA) is 55.1 Å². The van der Waals surface area contributed by atoms with Crippen molar-refractivity contribution >= 4 is 11.6 Å². The summed E-state index contributed by atoms with van der Waals surface area (Å²) >= 11 is 0. The van der Waals surface area contributed by atoms with Crippen molar-refractivity contribution in [2.75, 3.05) is 11.9 Å². The van der Waals surface area contributed by atoms with E-state index in [9.17, 15) is 4.79 Å². The zero-order valence-electron chi connectivity index (χ0n) is 7.50. The van der Waals surface area contributed by atoms with Crippen LogP contribution in [0.2, 0.25) is 0 Å². The first-order valence-corrected chi connectivity index (χ1v) is 4.34. The van der Waals surface area contributed by atoms with E-state index < -0.39 is 0 Å². The molecule has 1 unspecified atom stereocenters. The molecule has 0 fully saturated rings. The van der Waals surface area contributed by atoms with Crippen molar-refractivity contribution in [1.82, 2.24) is 0 Å². The lowest BCUT2D eigenvalue weighted by molar-refractivity contribution is -0.116. The van der Waals surface area contributed by atoms with Crippen LogP contribution < -0.4 is 11.1 Å². The van der Waals surface area contributed by atoms with Crippen molar-refractivity contribution < 1.29 is 4.79 Å². The molecule has 3 nitrogen and oxygen atoms in total. The lowest BCUT2D eigenvalue weighted by atomic mass is 10.00. The van der Waals surface area contributed by atoms with Crippen LogP contribution in [0.5, 0.6) is 0 Å². The summed E-state index contributed by atoms with van der Waals surface area (Å²) in [4.78, 5) is 11.4. The van der Waals surface area contributed by atoms with Gasteiger partial charge in [-0.05, 0) is 24.1 Å². The smallest absolute Gasteiger partial charge is 0.233 e. The highest BCUT2D eigenvalue weighted by molar-refractivity contribution is 6.03. The average molecular weight is 176 g/mol. The maximum absolute atomic E-state index is 11.4. The molecule has 68 valence electrons. The standard InChI is InChI=1S/C10H12N2O/c1-6-2-3-7-8(5-11)10(13)12-9(7)4-6/h2-4,8H,5,11H2,1H3,(H,12,13). The van der Waals surface area contributed by atoms with E-state index in [4.69, 9.17) is 5.73 Å². The second-order valence-corrected chi connectivity index (χ2v) is 3.37. The number of benzene rings is 1. The van der Waals surface area contributed by atoms with E-state index in [0.29, 0.717) is 6.54 Å². The molecule has 0 saturated carbocycles. The second-order valence-electron chi connectivity index (χ2n) is 3.37. The number of hydrogen-bond acceptors (Lipinski definition) is 2. The van der Waals surface area contributed by atoms with Crippen molar-refractivity contribution in [3.05, 3.63) is 29.3 Å². The van der Waals surface area contributed by atoms with Crippen molar-refractivity contribution in [3.8, 4) is 0 Å². The highest BCUT2D eigenvalue weighted by Gasteiger charge is 2.28. The first kappa shape index (κ1) is 8.26. The van der Waals surface area contributed by atoms with Crippen LogP contribution in [0.3, 0.4) is 0 Å². The predicted molar refractivity (Wildman–Crippen MR) is 51.6 cm³/mol. The van der Waals surface area contributed by atoms with Gasteiger partial charge in [0.05, 0.1) is 5.92 Å². The van der Waals surface area contributed by atoms with Gasteiger partial charge in [0.2, 0.25) is 5.91 Å². The van der Waals surface area contributed by atoms with Gasteiger partial charge in [-0.1, -0.05) is 12.1 Å². The van der Waals surface area contributed by atoms with E-state index in [2.05, 4.69) is 5.32 Å². The van der Waals surface area contributed by atoms with Crippen LogP contribution in [0, 0.1) is 6.92 Å². The molecule has 0 radical (unpaired) electrons. The second kappa shape index (κ2) is 2.85. The zero-order chi connectivity index (χ0) is 9.42. The molecule has 0 aromatic heterocycles. The van der Waals surface area contributed by atoms with Gasteiger partial charge in [0.15, 0.2) is 0 Å². The SMILES string of the molecule is Cc1ccc2c(c1)NC(=O)C2CN. The molecule has 1 heterocycles. The number of amides is 1. The minimum absolute atomic E-state index is 0.0168. The van der Waals surface area contributed by atoms with E-state index in [1.54, 1.807) is 0 Å². The number of carbonyl (C=O) groups is 1. The maximum Gasteiger partial charge on any atom is 0.233 e. The lowest BCUT2D eigenvalue weighted by Gasteiger charge is -2.03. The molecule has 0 saturated heterocycles. The van der Waals surface area contributed by atoms with E-state index in [1.807, 2.05) is 25.1 Å². The van der Waals surface area contributed by atoms with Crippen LogP contribution in [0.15, 0.2) is 18.2 Å². The number of rotatable bonds is 1. The quantitative estimate of drug-likeness (QED) is 0.670. The fraction of sp³-hybridized carbons (Fsp3) is 0.300. The van der Waals surface area contributed by atoms with E-state index in [1.165, 1.54) is 0 Å². The fourth-order valence-corrected chi connectivity index (χ4v) is 1.68. The summed E-state index contributed by atoms with van der Waals surface area (Å²) in [7, 11) is 0. The maximum atomic E-state index is 11.4. The number of carbonyl (C=O) groups excluding carboxylic acids is 1. The van der Waals surface area contributed by atoms with Crippen LogP contribution in [0.1, 0.15) is 17.0 Å². The fourth-order valence-electron chi connectivity index (χ4n) is 1.68. The number of nitrogens with one attached hydrogen (secondary N) is 1. The van der Waals surface area contributed by atoms with E-state index in [0.717, 1.165) is 16.8 Å². The van der Waals surface area contributed by atoms with Gasteiger partial charge in [0, 0.05) is 12.2 Å². The highest BCUT2D eigenvalue weighted by Crippen LogP contribution is 2.32. The first-order chi connectivity index (χ1) is 6.22. The third-order valence-electron chi connectivity index (χ3n) is 2.39. The van der Waals surface area contributed by atoms with Crippen LogP contribution in [-0.4, -0.2) is 12.5 Å². The molecule has 13 heavy (non-hydrogen) atoms. The number of fused-ring (bicyclic) bond motifs is 1. The Bertz CT molecular complexity index is 360. The summed E-state index contributed by atoms with van der Waals surface area (Å²) in [5.74, 6) is -0.140. The molecule has 3 heteroatoms. The molecule has 1 aromatic rings. The molecule has 3 N–H and O–H groups in total. The van der Waals surface area contributed by atoms with Crippen molar-refractivity contribution in [2.45, 2.75) is 12.8 Å². The largest absolute Gasteiger partial charge is 0.329 e. The van der Waals surface area contributed by atoms with E-state index in [-0.39, 0.29) is 11.8 Å². The van der Waals surface area contributed by atoms with Crippen LogP contribution in [-0.2, 0) is 4.79 Å². The van der Waals surface area contributed by atoms with Gasteiger partial charge in [-0.25, -0.2) is 0 Å². The van der Waals surface area contributed by atoms with Gasteiger partial charge in [-0.2, -0.15) is 0 Å².